The van der Waals surface area contributed by atoms with Gasteiger partial charge in [-0.05, 0) is 49.8 Å². The summed E-state index contributed by atoms with van der Waals surface area (Å²) in [6.07, 6.45) is 4.26. The molecule has 0 saturated heterocycles. The molecule has 17 heavy (non-hydrogen) atoms. The van der Waals surface area contributed by atoms with Crippen molar-refractivity contribution in [1.82, 2.24) is 0 Å². The van der Waals surface area contributed by atoms with E-state index in [1.165, 1.54) is 16.7 Å². The van der Waals surface area contributed by atoms with Crippen LogP contribution in [0.15, 0.2) is 12.1 Å². The Bertz CT molecular complexity index is 360. The van der Waals surface area contributed by atoms with Crippen molar-refractivity contribution in [2.75, 3.05) is 7.11 Å². The van der Waals surface area contributed by atoms with E-state index in [0.717, 1.165) is 31.4 Å². The lowest BCUT2D eigenvalue weighted by Crippen LogP contribution is -2.03. The summed E-state index contributed by atoms with van der Waals surface area (Å²) in [6, 6.07) is 4.33. The van der Waals surface area contributed by atoms with Gasteiger partial charge < -0.3 is 4.74 Å². The third kappa shape index (κ3) is 3.92. The van der Waals surface area contributed by atoms with Crippen LogP contribution in [0, 0.1) is 13.8 Å². The molecular formula is C15H23ClO. The number of benzene rings is 1. The van der Waals surface area contributed by atoms with Crippen LogP contribution in [0.5, 0.6) is 5.75 Å². The van der Waals surface area contributed by atoms with Gasteiger partial charge in [0.2, 0.25) is 0 Å². The zero-order chi connectivity index (χ0) is 12.8. The number of hydrogen-bond acceptors (Lipinski definition) is 1. The Hall–Kier alpha value is -0.690. The van der Waals surface area contributed by atoms with E-state index in [2.05, 4.69) is 32.9 Å². The lowest BCUT2D eigenvalue weighted by Gasteiger charge is -2.14. The van der Waals surface area contributed by atoms with Gasteiger partial charge in [0.05, 0.1) is 7.11 Å². The summed E-state index contributed by atoms with van der Waals surface area (Å²) in [5.41, 5.74) is 3.80. The summed E-state index contributed by atoms with van der Waals surface area (Å²) in [5, 5.41) is 0.284. The highest BCUT2D eigenvalue weighted by atomic mass is 35.5. The van der Waals surface area contributed by atoms with E-state index in [9.17, 15) is 0 Å². The molecule has 0 heterocycles. The Kier molecular flexibility index (Phi) is 5.84. The van der Waals surface area contributed by atoms with Crippen LogP contribution in [0.25, 0.3) is 0 Å². The minimum atomic E-state index is 0.284. The van der Waals surface area contributed by atoms with Crippen LogP contribution in [0.1, 0.15) is 42.9 Å². The smallest absolute Gasteiger partial charge is 0.125 e. The Morgan fingerprint density at radius 2 is 1.94 bits per heavy atom. The van der Waals surface area contributed by atoms with Crippen LogP contribution in [-0.4, -0.2) is 12.5 Å². The molecule has 0 radical (unpaired) electrons. The van der Waals surface area contributed by atoms with Crippen LogP contribution >= 0.6 is 11.6 Å². The molecule has 1 atom stereocenters. The van der Waals surface area contributed by atoms with E-state index in [1.54, 1.807) is 7.11 Å². The lowest BCUT2D eigenvalue weighted by molar-refractivity contribution is 0.405. The summed E-state index contributed by atoms with van der Waals surface area (Å²) < 4.78 is 5.51. The molecule has 1 rings (SSSR count). The molecule has 0 bridgehead atoms. The fourth-order valence-corrected chi connectivity index (χ4v) is 2.42. The topological polar surface area (TPSA) is 9.23 Å². The van der Waals surface area contributed by atoms with Crippen LogP contribution in [-0.2, 0) is 6.42 Å². The van der Waals surface area contributed by atoms with Crippen molar-refractivity contribution in [3.05, 3.63) is 28.8 Å². The van der Waals surface area contributed by atoms with Gasteiger partial charge in [-0.2, -0.15) is 0 Å². The van der Waals surface area contributed by atoms with Crippen molar-refractivity contribution in [3.8, 4) is 5.75 Å². The highest BCUT2D eigenvalue weighted by Gasteiger charge is 2.10. The van der Waals surface area contributed by atoms with E-state index < -0.39 is 0 Å². The molecule has 1 aromatic carbocycles. The maximum atomic E-state index is 6.26. The van der Waals surface area contributed by atoms with Crippen molar-refractivity contribution in [3.63, 3.8) is 0 Å². The van der Waals surface area contributed by atoms with Gasteiger partial charge in [0, 0.05) is 5.38 Å². The minimum Gasteiger partial charge on any atom is -0.496 e. The molecule has 1 unspecified atom stereocenters. The summed E-state index contributed by atoms with van der Waals surface area (Å²) in [4.78, 5) is 0. The SMILES string of the molecule is CCCC(Cl)CCc1ccc(C)c(C)c1OC. The zero-order valence-corrected chi connectivity index (χ0v) is 12.1. The number of alkyl halides is 1. The first kappa shape index (κ1) is 14.4. The monoisotopic (exact) mass is 254 g/mol. The highest BCUT2D eigenvalue weighted by Crippen LogP contribution is 2.28. The van der Waals surface area contributed by atoms with Crippen molar-refractivity contribution in [1.29, 1.82) is 0 Å². The summed E-state index contributed by atoms with van der Waals surface area (Å²) in [6.45, 7) is 6.40. The molecule has 96 valence electrons. The molecule has 0 aliphatic carbocycles. The van der Waals surface area contributed by atoms with Gasteiger partial charge in [0.25, 0.3) is 0 Å². The lowest BCUT2D eigenvalue weighted by atomic mass is 9.99. The first-order valence-corrected chi connectivity index (χ1v) is 6.80. The fraction of sp³-hybridized carbons (Fsp3) is 0.600. The molecule has 0 N–H and O–H groups in total. The third-order valence-corrected chi connectivity index (χ3v) is 3.73. The van der Waals surface area contributed by atoms with E-state index >= 15 is 0 Å². The molecule has 0 aromatic heterocycles. The first-order chi connectivity index (χ1) is 8.10. The Morgan fingerprint density at radius 1 is 1.24 bits per heavy atom. The largest absolute Gasteiger partial charge is 0.496 e. The van der Waals surface area contributed by atoms with Gasteiger partial charge in [0.1, 0.15) is 5.75 Å². The molecule has 1 aromatic rings. The van der Waals surface area contributed by atoms with Crippen molar-refractivity contribution < 1.29 is 4.74 Å². The maximum absolute atomic E-state index is 6.26. The zero-order valence-electron chi connectivity index (χ0n) is 11.3. The van der Waals surface area contributed by atoms with Crippen molar-refractivity contribution in [2.24, 2.45) is 0 Å². The number of aryl methyl sites for hydroxylation is 2. The van der Waals surface area contributed by atoms with E-state index in [0.29, 0.717) is 0 Å². The van der Waals surface area contributed by atoms with E-state index in [-0.39, 0.29) is 5.38 Å². The summed E-state index contributed by atoms with van der Waals surface area (Å²) in [5.74, 6) is 1.03. The second-order valence-corrected chi connectivity index (χ2v) is 5.24. The van der Waals surface area contributed by atoms with Gasteiger partial charge in [-0.15, -0.1) is 11.6 Å². The normalized spacial score (nSPS) is 12.5. The molecule has 1 nitrogen and oxygen atoms in total. The summed E-state index contributed by atoms with van der Waals surface area (Å²) in [7, 11) is 1.75. The minimum absolute atomic E-state index is 0.284. The number of rotatable bonds is 6. The standard InChI is InChI=1S/C15H23ClO/c1-5-6-14(16)10-9-13-8-7-11(2)12(3)15(13)17-4/h7-8,14H,5-6,9-10H2,1-4H3. The van der Waals surface area contributed by atoms with Crippen LogP contribution < -0.4 is 4.74 Å². The van der Waals surface area contributed by atoms with E-state index in [4.69, 9.17) is 16.3 Å². The number of halogens is 1. The van der Waals surface area contributed by atoms with Gasteiger partial charge in [-0.3, -0.25) is 0 Å². The predicted molar refractivity (Wildman–Crippen MR) is 75.3 cm³/mol. The number of hydrogen-bond donors (Lipinski definition) is 0. The van der Waals surface area contributed by atoms with Crippen LogP contribution in [0.3, 0.4) is 0 Å². The predicted octanol–water partition coefficient (Wildman–Crippen LogP) is 4.65. The van der Waals surface area contributed by atoms with Gasteiger partial charge in [-0.25, -0.2) is 0 Å². The Labute approximate surface area is 110 Å². The Balaban J connectivity index is 2.74. The molecule has 0 spiro atoms. The maximum Gasteiger partial charge on any atom is 0.125 e. The molecule has 0 saturated carbocycles. The quantitative estimate of drug-likeness (QED) is 0.672. The first-order valence-electron chi connectivity index (χ1n) is 6.37. The number of ether oxygens (including phenoxy) is 1. The highest BCUT2D eigenvalue weighted by molar-refractivity contribution is 6.20. The average molecular weight is 255 g/mol. The fourth-order valence-electron chi connectivity index (χ4n) is 2.10. The van der Waals surface area contributed by atoms with E-state index in [1.807, 2.05) is 0 Å². The number of methoxy groups -OCH3 is 1. The molecule has 0 amide bonds. The molecule has 0 fully saturated rings. The van der Waals surface area contributed by atoms with Gasteiger partial charge in [-0.1, -0.05) is 25.5 Å². The molecule has 2 heteroatoms. The second-order valence-electron chi connectivity index (χ2n) is 4.62. The summed E-state index contributed by atoms with van der Waals surface area (Å²) >= 11 is 6.26. The Morgan fingerprint density at radius 3 is 2.53 bits per heavy atom. The molecule has 0 aliphatic heterocycles. The van der Waals surface area contributed by atoms with Crippen LogP contribution in [0.2, 0.25) is 0 Å². The van der Waals surface area contributed by atoms with Crippen molar-refractivity contribution >= 4 is 11.6 Å². The van der Waals surface area contributed by atoms with Gasteiger partial charge in [0.15, 0.2) is 0 Å². The molecule has 0 aliphatic rings. The molecular weight excluding hydrogens is 232 g/mol. The van der Waals surface area contributed by atoms with Crippen LogP contribution in [0.4, 0.5) is 0 Å². The second kappa shape index (κ2) is 6.90. The van der Waals surface area contributed by atoms with Crippen molar-refractivity contribution in [2.45, 2.75) is 51.8 Å². The third-order valence-electron chi connectivity index (χ3n) is 3.29. The average Bonchev–Trinajstić information content (AvgIpc) is 2.31. The van der Waals surface area contributed by atoms with Gasteiger partial charge >= 0.3 is 0 Å².